The fourth-order valence-electron chi connectivity index (χ4n) is 4.09. The van der Waals surface area contributed by atoms with Crippen molar-refractivity contribution in [3.63, 3.8) is 0 Å². The number of nitriles is 1. The van der Waals surface area contributed by atoms with E-state index < -0.39 is 12.1 Å². The van der Waals surface area contributed by atoms with Gasteiger partial charge in [-0.15, -0.1) is 0 Å². The molecule has 2 heterocycles. The summed E-state index contributed by atoms with van der Waals surface area (Å²) in [7, 11) is 1.64. The van der Waals surface area contributed by atoms with E-state index in [9.17, 15) is 15.2 Å². The van der Waals surface area contributed by atoms with Gasteiger partial charge in [0.25, 0.3) is 5.91 Å². The molecule has 1 amide bonds. The van der Waals surface area contributed by atoms with Crippen molar-refractivity contribution in [1.82, 2.24) is 9.88 Å². The molecule has 1 aliphatic rings. The lowest BCUT2D eigenvalue weighted by atomic mass is 9.75. The number of carbonyl (C=O) groups is 1. The van der Waals surface area contributed by atoms with Crippen LogP contribution in [0.5, 0.6) is 5.75 Å². The number of hydrogen-bond acceptors (Lipinski definition) is 5. The SMILES string of the molecule is COc1ccccc1-c1ccc([C@@H]2[C@@H](C#N)N(C(=O)c3cccnc3)[C@@H]2CO)cc1. The van der Waals surface area contributed by atoms with E-state index >= 15 is 0 Å². The van der Waals surface area contributed by atoms with Crippen molar-refractivity contribution in [1.29, 1.82) is 5.26 Å². The summed E-state index contributed by atoms with van der Waals surface area (Å²) in [5.41, 5.74) is 3.28. The summed E-state index contributed by atoms with van der Waals surface area (Å²) in [5, 5.41) is 19.7. The summed E-state index contributed by atoms with van der Waals surface area (Å²) in [6, 6.07) is 20.1. The second kappa shape index (κ2) is 8.36. The average molecular weight is 399 g/mol. The summed E-state index contributed by atoms with van der Waals surface area (Å²) in [5.74, 6) is 0.230. The Morgan fingerprint density at radius 1 is 1.17 bits per heavy atom. The Balaban J connectivity index is 1.61. The number of ether oxygens (including phenoxy) is 1. The molecule has 3 aromatic rings. The summed E-state index contributed by atoms with van der Waals surface area (Å²) < 4.78 is 5.44. The van der Waals surface area contributed by atoms with Crippen molar-refractivity contribution < 1.29 is 14.6 Å². The van der Waals surface area contributed by atoms with Gasteiger partial charge in [-0.05, 0) is 29.3 Å². The Labute approximate surface area is 175 Å². The highest BCUT2D eigenvalue weighted by Gasteiger charge is 2.51. The Bertz CT molecular complexity index is 1080. The van der Waals surface area contributed by atoms with Crippen molar-refractivity contribution in [3.05, 3.63) is 84.2 Å². The van der Waals surface area contributed by atoms with E-state index in [0.29, 0.717) is 5.56 Å². The zero-order chi connectivity index (χ0) is 21.1. The molecule has 1 saturated heterocycles. The van der Waals surface area contributed by atoms with Gasteiger partial charge in [-0.25, -0.2) is 0 Å². The van der Waals surface area contributed by atoms with Gasteiger partial charge in [0.15, 0.2) is 0 Å². The third-order valence-corrected chi connectivity index (χ3v) is 5.59. The van der Waals surface area contributed by atoms with Gasteiger partial charge in [0, 0.05) is 23.9 Å². The Morgan fingerprint density at radius 3 is 2.57 bits per heavy atom. The van der Waals surface area contributed by atoms with Crippen molar-refractivity contribution in [2.45, 2.75) is 18.0 Å². The van der Waals surface area contributed by atoms with Crippen LogP contribution in [-0.4, -0.2) is 46.7 Å². The van der Waals surface area contributed by atoms with Gasteiger partial charge < -0.3 is 14.7 Å². The normalized spacial score (nSPS) is 20.2. The maximum atomic E-state index is 12.9. The minimum atomic E-state index is -0.646. The van der Waals surface area contributed by atoms with Crippen LogP contribution in [0.1, 0.15) is 21.8 Å². The molecule has 6 nitrogen and oxygen atoms in total. The minimum absolute atomic E-state index is 0.219. The van der Waals surface area contributed by atoms with Gasteiger partial charge in [0.05, 0.1) is 31.4 Å². The molecule has 2 aromatic carbocycles. The number of carbonyl (C=O) groups excluding carboxylic acids is 1. The van der Waals surface area contributed by atoms with Gasteiger partial charge >= 0.3 is 0 Å². The van der Waals surface area contributed by atoms with Crippen molar-refractivity contribution in [2.75, 3.05) is 13.7 Å². The number of pyridine rings is 1. The Hall–Kier alpha value is -3.69. The number of hydrogen-bond donors (Lipinski definition) is 1. The molecule has 1 fully saturated rings. The number of nitrogens with zero attached hydrogens (tertiary/aromatic N) is 3. The Kier molecular flexibility index (Phi) is 5.46. The van der Waals surface area contributed by atoms with Crippen LogP contribution >= 0.6 is 0 Å². The lowest BCUT2D eigenvalue weighted by molar-refractivity contribution is -0.00588. The van der Waals surface area contributed by atoms with Crippen LogP contribution in [0.25, 0.3) is 11.1 Å². The topological polar surface area (TPSA) is 86.5 Å². The van der Waals surface area contributed by atoms with Crippen molar-refractivity contribution >= 4 is 5.91 Å². The monoisotopic (exact) mass is 399 g/mol. The number of para-hydroxylation sites is 1. The van der Waals surface area contributed by atoms with Crippen molar-refractivity contribution in [2.24, 2.45) is 0 Å². The van der Waals surface area contributed by atoms with Crippen LogP contribution in [0.4, 0.5) is 0 Å². The van der Waals surface area contributed by atoms with Gasteiger partial charge in [0.1, 0.15) is 11.8 Å². The van der Waals surface area contributed by atoms with E-state index in [-0.39, 0.29) is 18.4 Å². The highest BCUT2D eigenvalue weighted by molar-refractivity contribution is 5.95. The number of methoxy groups -OCH3 is 1. The molecule has 3 atom stereocenters. The molecule has 4 rings (SSSR count). The molecule has 1 N–H and O–H groups in total. The first-order valence-electron chi connectivity index (χ1n) is 9.66. The van der Waals surface area contributed by atoms with Gasteiger partial charge in [-0.2, -0.15) is 5.26 Å². The predicted octanol–water partition coefficient (Wildman–Crippen LogP) is 3.25. The molecule has 0 radical (unpaired) electrons. The molecule has 0 unspecified atom stereocenters. The van der Waals surface area contributed by atoms with Crippen LogP contribution in [0.2, 0.25) is 0 Å². The molecule has 0 spiro atoms. The molecule has 1 aromatic heterocycles. The molecule has 6 heteroatoms. The van der Waals surface area contributed by atoms with E-state index in [4.69, 9.17) is 4.74 Å². The summed E-state index contributed by atoms with van der Waals surface area (Å²) in [4.78, 5) is 18.3. The average Bonchev–Trinajstić information content (AvgIpc) is 2.80. The van der Waals surface area contributed by atoms with Crippen LogP contribution in [-0.2, 0) is 0 Å². The van der Waals surface area contributed by atoms with Crippen LogP contribution in [0.3, 0.4) is 0 Å². The second-order valence-electron chi connectivity index (χ2n) is 7.13. The van der Waals surface area contributed by atoms with Crippen LogP contribution in [0.15, 0.2) is 73.1 Å². The maximum Gasteiger partial charge on any atom is 0.256 e. The van der Waals surface area contributed by atoms with Crippen LogP contribution in [0, 0.1) is 11.3 Å². The molecule has 1 aliphatic heterocycles. The lowest BCUT2D eigenvalue weighted by Crippen LogP contribution is -2.65. The third-order valence-electron chi connectivity index (χ3n) is 5.59. The first-order valence-corrected chi connectivity index (χ1v) is 9.66. The smallest absolute Gasteiger partial charge is 0.256 e. The van der Waals surface area contributed by atoms with E-state index in [1.54, 1.807) is 25.4 Å². The van der Waals surface area contributed by atoms with Crippen molar-refractivity contribution in [3.8, 4) is 22.9 Å². The number of amides is 1. The molecular formula is C24H21N3O3. The lowest BCUT2D eigenvalue weighted by Gasteiger charge is -2.51. The zero-order valence-corrected chi connectivity index (χ0v) is 16.5. The van der Waals surface area contributed by atoms with Gasteiger partial charge in [-0.1, -0.05) is 42.5 Å². The Morgan fingerprint density at radius 2 is 1.93 bits per heavy atom. The highest BCUT2D eigenvalue weighted by atomic mass is 16.5. The quantitative estimate of drug-likeness (QED) is 0.712. The molecule has 0 saturated carbocycles. The van der Waals surface area contributed by atoms with Crippen LogP contribution < -0.4 is 4.74 Å². The first-order chi connectivity index (χ1) is 14.7. The molecule has 30 heavy (non-hydrogen) atoms. The highest BCUT2D eigenvalue weighted by Crippen LogP contribution is 2.42. The fraction of sp³-hybridized carbons (Fsp3) is 0.208. The van der Waals surface area contributed by atoms with E-state index in [1.165, 1.54) is 11.1 Å². The molecular weight excluding hydrogens is 378 g/mol. The fourth-order valence-corrected chi connectivity index (χ4v) is 4.09. The number of aliphatic hydroxyl groups is 1. The predicted molar refractivity (Wildman–Crippen MR) is 112 cm³/mol. The number of benzene rings is 2. The third kappa shape index (κ3) is 3.30. The maximum absolute atomic E-state index is 12.9. The first kappa shape index (κ1) is 19.6. The second-order valence-corrected chi connectivity index (χ2v) is 7.13. The zero-order valence-electron chi connectivity index (χ0n) is 16.5. The van der Waals surface area contributed by atoms with E-state index in [2.05, 4.69) is 11.1 Å². The molecule has 0 aliphatic carbocycles. The molecule has 0 bridgehead atoms. The number of rotatable bonds is 5. The number of aliphatic hydroxyl groups excluding tert-OH is 1. The summed E-state index contributed by atoms with van der Waals surface area (Å²) >= 11 is 0. The molecule has 150 valence electrons. The standard InChI is InChI=1S/C24H21N3O3/c1-30-22-7-3-2-6-19(22)16-8-10-17(11-9-16)23-20(13-25)27(21(23)15-28)24(29)18-5-4-12-26-14-18/h2-12,14,20-21,23,28H,15H2,1H3/t20-,21-,23-/m1/s1. The summed E-state index contributed by atoms with van der Waals surface area (Å²) in [6.45, 7) is -0.219. The van der Waals surface area contributed by atoms with E-state index in [1.807, 2.05) is 48.5 Å². The largest absolute Gasteiger partial charge is 0.496 e. The van der Waals surface area contributed by atoms with Gasteiger partial charge in [-0.3, -0.25) is 9.78 Å². The van der Waals surface area contributed by atoms with Gasteiger partial charge in [0.2, 0.25) is 0 Å². The number of likely N-dealkylation sites (tertiary alicyclic amines) is 1. The summed E-state index contributed by atoms with van der Waals surface area (Å²) in [6.07, 6.45) is 3.06. The minimum Gasteiger partial charge on any atom is -0.496 e. The van der Waals surface area contributed by atoms with E-state index in [0.717, 1.165) is 22.4 Å². The number of aromatic nitrogens is 1.